The Morgan fingerprint density at radius 2 is 1.93 bits per heavy atom. The van der Waals surface area contributed by atoms with Crippen LogP contribution in [0.2, 0.25) is 0 Å². The van der Waals surface area contributed by atoms with Gasteiger partial charge < -0.3 is 9.64 Å². The summed E-state index contributed by atoms with van der Waals surface area (Å²) in [5.41, 5.74) is 3.89. The quantitative estimate of drug-likeness (QED) is 0.704. The molecule has 0 N–H and O–H groups in total. The van der Waals surface area contributed by atoms with Crippen LogP contribution < -0.4 is 4.74 Å². The lowest BCUT2D eigenvalue weighted by Crippen LogP contribution is -2.38. The number of likely N-dealkylation sites (N-methyl/N-ethyl adjacent to an activating group) is 1. The van der Waals surface area contributed by atoms with E-state index in [0.29, 0.717) is 19.1 Å². The second kappa shape index (κ2) is 8.42. The van der Waals surface area contributed by atoms with Crippen molar-refractivity contribution >= 4 is 5.91 Å². The zero-order valence-electron chi connectivity index (χ0n) is 18.7. The van der Waals surface area contributed by atoms with E-state index in [-0.39, 0.29) is 11.3 Å². The van der Waals surface area contributed by atoms with Crippen molar-refractivity contribution in [3.05, 3.63) is 47.3 Å². The second-order valence-electron chi connectivity index (χ2n) is 9.23. The minimum Gasteiger partial charge on any atom is -0.492 e. The van der Waals surface area contributed by atoms with Gasteiger partial charge in [0.1, 0.15) is 12.4 Å². The Labute approximate surface area is 179 Å². The SMILES string of the molecule is Cc1ccc(OCCN(C)C(=O)C2CC23CCN(Cc2cn(C)nc2C)CC3)cc1. The van der Waals surface area contributed by atoms with Crippen molar-refractivity contribution in [2.24, 2.45) is 18.4 Å². The molecule has 0 radical (unpaired) electrons. The monoisotopic (exact) mass is 410 g/mol. The highest BCUT2D eigenvalue weighted by molar-refractivity contribution is 5.82. The van der Waals surface area contributed by atoms with Crippen LogP contribution >= 0.6 is 0 Å². The van der Waals surface area contributed by atoms with Crippen LogP contribution in [0.15, 0.2) is 30.5 Å². The third kappa shape index (κ3) is 4.53. The Morgan fingerprint density at radius 3 is 2.57 bits per heavy atom. The van der Waals surface area contributed by atoms with Crippen LogP contribution in [0.5, 0.6) is 5.75 Å². The Balaban J connectivity index is 1.21. The molecule has 2 aromatic rings. The van der Waals surface area contributed by atoms with Gasteiger partial charge in [-0.1, -0.05) is 17.7 Å². The molecule has 1 spiro atoms. The van der Waals surface area contributed by atoms with Crippen LogP contribution in [0, 0.1) is 25.2 Å². The van der Waals surface area contributed by atoms with Gasteiger partial charge in [-0.3, -0.25) is 14.4 Å². The normalized spacial score (nSPS) is 20.3. The van der Waals surface area contributed by atoms with Gasteiger partial charge in [-0.05, 0) is 63.7 Å². The fourth-order valence-corrected chi connectivity index (χ4v) is 4.76. The molecule has 4 rings (SSSR count). The summed E-state index contributed by atoms with van der Waals surface area (Å²) >= 11 is 0. The Kier molecular flexibility index (Phi) is 5.87. The average Bonchev–Trinajstić information content (AvgIpc) is 3.33. The van der Waals surface area contributed by atoms with Gasteiger partial charge in [-0.2, -0.15) is 5.10 Å². The highest BCUT2D eigenvalue weighted by Gasteiger charge is 2.58. The summed E-state index contributed by atoms with van der Waals surface area (Å²) in [6.07, 6.45) is 5.42. The van der Waals surface area contributed by atoms with E-state index < -0.39 is 0 Å². The van der Waals surface area contributed by atoms with Crippen molar-refractivity contribution in [3.8, 4) is 5.75 Å². The van der Waals surface area contributed by atoms with E-state index in [4.69, 9.17) is 4.74 Å². The number of hydrogen-bond donors (Lipinski definition) is 0. The number of aryl methyl sites for hydroxylation is 3. The van der Waals surface area contributed by atoms with Gasteiger partial charge in [0.15, 0.2) is 0 Å². The topological polar surface area (TPSA) is 50.6 Å². The summed E-state index contributed by atoms with van der Waals surface area (Å²) in [6, 6.07) is 8.04. The Morgan fingerprint density at radius 1 is 1.23 bits per heavy atom. The number of hydrogen-bond acceptors (Lipinski definition) is 4. The summed E-state index contributed by atoms with van der Waals surface area (Å²) in [5.74, 6) is 1.35. The molecule has 1 amide bonds. The largest absolute Gasteiger partial charge is 0.492 e. The van der Waals surface area contributed by atoms with Gasteiger partial charge in [0.25, 0.3) is 0 Å². The van der Waals surface area contributed by atoms with Crippen molar-refractivity contribution in [1.82, 2.24) is 19.6 Å². The van der Waals surface area contributed by atoms with E-state index in [9.17, 15) is 4.79 Å². The van der Waals surface area contributed by atoms with Gasteiger partial charge in [0, 0.05) is 38.3 Å². The molecule has 0 bridgehead atoms. The highest BCUT2D eigenvalue weighted by atomic mass is 16.5. The number of rotatable bonds is 7. The number of amides is 1. The van der Waals surface area contributed by atoms with Crippen molar-refractivity contribution in [2.75, 3.05) is 33.3 Å². The third-order valence-corrected chi connectivity index (χ3v) is 6.94. The smallest absolute Gasteiger partial charge is 0.226 e. The predicted molar refractivity (Wildman–Crippen MR) is 117 cm³/mol. The first-order valence-electron chi connectivity index (χ1n) is 11.0. The number of aromatic nitrogens is 2. The van der Waals surface area contributed by atoms with Crippen molar-refractivity contribution < 1.29 is 9.53 Å². The molecule has 2 heterocycles. The number of benzene rings is 1. The summed E-state index contributed by atoms with van der Waals surface area (Å²) in [5, 5.41) is 4.45. The molecule has 1 saturated carbocycles. The molecule has 2 aliphatic rings. The average molecular weight is 411 g/mol. The first kappa shape index (κ1) is 20.9. The maximum absolute atomic E-state index is 12.9. The van der Waals surface area contributed by atoms with E-state index >= 15 is 0 Å². The first-order valence-corrected chi connectivity index (χ1v) is 11.0. The number of likely N-dealkylation sites (tertiary alicyclic amines) is 1. The molecule has 1 aromatic heterocycles. The summed E-state index contributed by atoms with van der Waals surface area (Å²) in [7, 11) is 3.89. The predicted octanol–water partition coefficient (Wildman–Crippen LogP) is 3.18. The van der Waals surface area contributed by atoms with Crippen molar-refractivity contribution in [1.29, 1.82) is 0 Å². The van der Waals surface area contributed by atoms with Crippen LogP contribution in [0.4, 0.5) is 0 Å². The van der Waals surface area contributed by atoms with Crippen molar-refractivity contribution in [3.63, 3.8) is 0 Å². The van der Waals surface area contributed by atoms with E-state index in [2.05, 4.69) is 30.0 Å². The fraction of sp³-hybridized carbons (Fsp3) is 0.583. The molecule has 1 atom stereocenters. The standard InChI is InChI=1S/C24H34N4O2/c1-18-5-7-21(8-6-18)30-14-13-26(3)23(29)22-15-24(22)9-11-28(12-10-24)17-20-16-27(4)25-19(20)2/h5-8,16,22H,9-15,17H2,1-4H3. The first-order chi connectivity index (χ1) is 14.4. The van der Waals surface area contributed by atoms with E-state index in [1.807, 2.05) is 47.9 Å². The zero-order valence-corrected chi connectivity index (χ0v) is 18.7. The number of carbonyl (C=O) groups is 1. The number of carbonyl (C=O) groups excluding carboxylic acids is 1. The van der Waals surface area contributed by atoms with Crippen LogP contribution in [0.1, 0.15) is 36.1 Å². The van der Waals surface area contributed by atoms with Gasteiger partial charge >= 0.3 is 0 Å². The lowest BCUT2D eigenvalue weighted by Gasteiger charge is -2.33. The Hall–Kier alpha value is -2.34. The van der Waals surface area contributed by atoms with Gasteiger partial charge in [0.05, 0.1) is 12.2 Å². The molecule has 162 valence electrons. The minimum atomic E-state index is 0.198. The highest BCUT2D eigenvalue weighted by Crippen LogP contribution is 2.60. The molecule has 6 heteroatoms. The third-order valence-electron chi connectivity index (χ3n) is 6.94. The summed E-state index contributed by atoms with van der Waals surface area (Å²) in [4.78, 5) is 17.3. The summed E-state index contributed by atoms with van der Waals surface area (Å²) < 4.78 is 7.69. The maximum Gasteiger partial charge on any atom is 0.226 e. The molecule has 1 unspecified atom stereocenters. The molecule has 1 aliphatic heterocycles. The second-order valence-corrected chi connectivity index (χ2v) is 9.23. The van der Waals surface area contributed by atoms with Crippen LogP contribution in [0.3, 0.4) is 0 Å². The molecule has 6 nitrogen and oxygen atoms in total. The van der Waals surface area contributed by atoms with E-state index in [1.54, 1.807) is 0 Å². The van der Waals surface area contributed by atoms with Crippen molar-refractivity contribution in [2.45, 2.75) is 39.7 Å². The van der Waals surface area contributed by atoms with Gasteiger partial charge in [-0.25, -0.2) is 0 Å². The zero-order chi connectivity index (χ0) is 21.3. The molecule has 1 aromatic carbocycles. The van der Waals surface area contributed by atoms with Crippen LogP contribution in [-0.2, 0) is 18.4 Å². The number of piperidine rings is 1. The van der Waals surface area contributed by atoms with Gasteiger partial charge in [-0.15, -0.1) is 0 Å². The molecular weight excluding hydrogens is 376 g/mol. The lowest BCUT2D eigenvalue weighted by molar-refractivity contribution is -0.132. The molecule has 30 heavy (non-hydrogen) atoms. The molecule has 2 fully saturated rings. The van der Waals surface area contributed by atoms with Gasteiger partial charge in [0.2, 0.25) is 5.91 Å². The maximum atomic E-state index is 12.9. The molecular formula is C24H34N4O2. The molecule has 1 saturated heterocycles. The minimum absolute atomic E-state index is 0.198. The molecule has 1 aliphatic carbocycles. The number of nitrogens with zero attached hydrogens (tertiary/aromatic N) is 4. The lowest BCUT2D eigenvalue weighted by atomic mass is 9.90. The van der Waals surface area contributed by atoms with E-state index in [0.717, 1.165) is 50.3 Å². The summed E-state index contributed by atoms with van der Waals surface area (Å²) in [6.45, 7) is 8.40. The fourth-order valence-electron chi connectivity index (χ4n) is 4.76. The Bertz CT molecular complexity index is 881. The van der Waals surface area contributed by atoms with E-state index in [1.165, 1.54) is 11.1 Å². The number of ether oxygens (including phenoxy) is 1. The van der Waals surface area contributed by atoms with Crippen LogP contribution in [-0.4, -0.2) is 58.8 Å². The van der Waals surface area contributed by atoms with Crippen LogP contribution in [0.25, 0.3) is 0 Å².